The highest BCUT2D eigenvalue weighted by molar-refractivity contribution is 5.76. The average Bonchev–Trinajstić information content (AvgIpc) is 3.27. The summed E-state index contributed by atoms with van der Waals surface area (Å²) in [6, 6.07) is 9.85. The third-order valence-corrected chi connectivity index (χ3v) is 3.99. The van der Waals surface area contributed by atoms with Crippen molar-refractivity contribution in [3.8, 4) is 0 Å². The van der Waals surface area contributed by atoms with Crippen molar-refractivity contribution in [1.29, 1.82) is 0 Å². The van der Waals surface area contributed by atoms with Crippen LogP contribution in [0.5, 0.6) is 0 Å². The molecule has 0 bridgehead atoms. The first-order chi connectivity index (χ1) is 10.1. The van der Waals surface area contributed by atoms with Crippen LogP contribution in [-0.4, -0.2) is 25.0 Å². The van der Waals surface area contributed by atoms with E-state index in [9.17, 15) is 9.59 Å². The second kappa shape index (κ2) is 7.11. The molecule has 1 fully saturated rings. The Balaban J connectivity index is 1.64. The van der Waals surface area contributed by atoms with Crippen LogP contribution in [0.4, 0.5) is 4.79 Å². The summed E-state index contributed by atoms with van der Waals surface area (Å²) in [5.41, 5.74) is 6.44. The number of urea groups is 1. The van der Waals surface area contributed by atoms with Crippen molar-refractivity contribution in [2.45, 2.75) is 37.5 Å². The van der Waals surface area contributed by atoms with Gasteiger partial charge in [-0.15, -0.1) is 0 Å². The number of nitrogens with two attached hydrogens (primary N) is 1. The van der Waals surface area contributed by atoms with Crippen molar-refractivity contribution in [2.24, 2.45) is 5.73 Å². The van der Waals surface area contributed by atoms with Crippen LogP contribution in [0, 0.1) is 0 Å². The Hall–Kier alpha value is -2.04. The van der Waals surface area contributed by atoms with Crippen LogP contribution >= 0.6 is 0 Å². The number of primary amides is 1. The zero-order chi connectivity index (χ0) is 15.1. The Labute approximate surface area is 125 Å². The summed E-state index contributed by atoms with van der Waals surface area (Å²) in [7, 11) is 0. The Bertz CT molecular complexity index is 484. The Morgan fingerprint density at radius 1 is 1.10 bits per heavy atom. The molecule has 0 radical (unpaired) electrons. The standard InChI is InChI=1S/C16H23N3O2/c17-15(21)18-11-5-4-8-14(20)19-12-16(9-10-16)13-6-2-1-3-7-13/h1-3,6-7H,4-5,8-12H2,(H,19,20)(H3,17,18,21). The van der Waals surface area contributed by atoms with Gasteiger partial charge in [-0.3, -0.25) is 4.79 Å². The maximum atomic E-state index is 11.8. The van der Waals surface area contributed by atoms with E-state index in [1.165, 1.54) is 5.56 Å². The first-order valence-corrected chi connectivity index (χ1v) is 7.48. The molecule has 5 nitrogen and oxygen atoms in total. The molecule has 0 aromatic heterocycles. The van der Waals surface area contributed by atoms with E-state index in [1.807, 2.05) is 18.2 Å². The van der Waals surface area contributed by atoms with Crippen molar-refractivity contribution in [3.63, 3.8) is 0 Å². The monoisotopic (exact) mass is 289 g/mol. The molecule has 1 aliphatic carbocycles. The maximum absolute atomic E-state index is 11.8. The Morgan fingerprint density at radius 2 is 1.81 bits per heavy atom. The molecule has 0 heterocycles. The van der Waals surface area contributed by atoms with Crippen LogP contribution in [0.3, 0.4) is 0 Å². The van der Waals surface area contributed by atoms with Gasteiger partial charge in [-0.05, 0) is 31.2 Å². The molecule has 5 heteroatoms. The minimum atomic E-state index is -0.516. The van der Waals surface area contributed by atoms with Gasteiger partial charge in [0.25, 0.3) is 0 Å². The third-order valence-electron chi connectivity index (χ3n) is 3.99. The fourth-order valence-corrected chi connectivity index (χ4v) is 2.49. The molecule has 0 saturated heterocycles. The van der Waals surface area contributed by atoms with Gasteiger partial charge in [0.2, 0.25) is 5.91 Å². The maximum Gasteiger partial charge on any atom is 0.312 e. The molecular weight excluding hydrogens is 266 g/mol. The van der Waals surface area contributed by atoms with Gasteiger partial charge in [0.1, 0.15) is 0 Å². The Morgan fingerprint density at radius 3 is 2.43 bits per heavy atom. The zero-order valence-corrected chi connectivity index (χ0v) is 12.2. The van der Waals surface area contributed by atoms with Crippen LogP contribution in [0.25, 0.3) is 0 Å². The lowest BCUT2D eigenvalue weighted by atomic mass is 9.96. The number of hydrogen-bond donors (Lipinski definition) is 3. The number of amides is 3. The summed E-state index contributed by atoms with van der Waals surface area (Å²) in [5, 5.41) is 5.55. The quantitative estimate of drug-likeness (QED) is 0.636. The number of rotatable bonds is 8. The second-order valence-corrected chi connectivity index (χ2v) is 5.67. The predicted molar refractivity (Wildman–Crippen MR) is 81.8 cm³/mol. The Kier molecular flexibility index (Phi) is 5.20. The second-order valence-electron chi connectivity index (χ2n) is 5.67. The van der Waals surface area contributed by atoms with Crippen molar-refractivity contribution in [3.05, 3.63) is 35.9 Å². The molecule has 4 N–H and O–H groups in total. The van der Waals surface area contributed by atoms with E-state index in [0.717, 1.165) is 32.2 Å². The van der Waals surface area contributed by atoms with Crippen LogP contribution in [0.1, 0.15) is 37.7 Å². The third kappa shape index (κ3) is 4.77. The first-order valence-electron chi connectivity index (χ1n) is 7.48. The van der Waals surface area contributed by atoms with E-state index in [1.54, 1.807) is 0 Å². The van der Waals surface area contributed by atoms with Crippen molar-refractivity contribution in [1.82, 2.24) is 10.6 Å². The van der Waals surface area contributed by atoms with Crippen LogP contribution in [-0.2, 0) is 10.2 Å². The number of hydrogen-bond acceptors (Lipinski definition) is 2. The van der Waals surface area contributed by atoms with Gasteiger partial charge in [-0.2, -0.15) is 0 Å². The molecule has 114 valence electrons. The highest BCUT2D eigenvalue weighted by atomic mass is 16.2. The summed E-state index contributed by atoms with van der Waals surface area (Å²) >= 11 is 0. The lowest BCUT2D eigenvalue weighted by molar-refractivity contribution is -0.121. The largest absolute Gasteiger partial charge is 0.355 e. The molecule has 1 aromatic carbocycles. The number of unbranched alkanes of at least 4 members (excludes halogenated alkanes) is 1. The molecule has 0 spiro atoms. The smallest absolute Gasteiger partial charge is 0.312 e. The summed E-state index contributed by atoms with van der Waals surface area (Å²) in [6.45, 7) is 1.24. The summed E-state index contributed by atoms with van der Waals surface area (Å²) in [4.78, 5) is 22.3. The highest BCUT2D eigenvalue weighted by Gasteiger charge is 2.44. The summed E-state index contributed by atoms with van der Waals surface area (Å²) in [5.74, 6) is 0.0799. The van der Waals surface area contributed by atoms with E-state index in [0.29, 0.717) is 13.0 Å². The molecule has 0 unspecified atom stereocenters. The van der Waals surface area contributed by atoms with E-state index in [2.05, 4.69) is 22.8 Å². The normalized spacial score (nSPS) is 15.2. The van der Waals surface area contributed by atoms with E-state index in [-0.39, 0.29) is 11.3 Å². The van der Waals surface area contributed by atoms with Gasteiger partial charge in [-0.25, -0.2) is 4.79 Å². The molecule has 2 rings (SSSR count). The van der Waals surface area contributed by atoms with E-state index in [4.69, 9.17) is 5.73 Å². The van der Waals surface area contributed by atoms with Gasteiger partial charge in [0.15, 0.2) is 0 Å². The van der Waals surface area contributed by atoms with E-state index >= 15 is 0 Å². The molecule has 1 saturated carbocycles. The van der Waals surface area contributed by atoms with Gasteiger partial charge >= 0.3 is 6.03 Å². The highest BCUT2D eigenvalue weighted by Crippen LogP contribution is 2.47. The predicted octanol–water partition coefficient (Wildman–Crippen LogP) is 1.67. The lowest BCUT2D eigenvalue weighted by Crippen LogP contribution is -2.32. The lowest BCUT2D eigenvalue weighted by Gasteiger charge is -2.16. The zero-order valence-electron chi connectivity index (χ0n) is 12.2. The fourth-order valence-electron chi connectivity index (χ4n) is 2.49. The molecule has 21 heavy (non-hydrogen) atoms. The van der Waals surface area contributed by atoms with Crippen molar-refractivity contribution < 1.29 is 9.59 Å². The molecule has 1 aromatic rings. The van der Waals surface area contributed by atoms with Gasteiger partial charge in [0, 0.05) is 24.9 Å². The van der Waals surface area contributed by atoms with Crippen LogP contribution in [0.2, 0.25) is 0 Å². The fraction of sp³-hybridized carbons (Fsp3) is 0.500. The van der Waals surface area contributed by atoms with Crippen LogP contribution in [0.15, 0.2) is 30.3 Å². The molecule has 0 atom stereocenters. The minimum Gasteiger partial charge on any atom is -0.355 e. The van der Waals surface area contributed by atoms with Gasteiger partial charge < -0.3 is 16.4 Å². The molecule has 1 aliphatic rings. The number of nitrogens with one attached hydrogen (secondary N) is 2. The molecular formula is C16H23N3O2. The SMILES string of the molecule is NC(=O)NCCCCC(=O)NCC1(c2ccccc2)CC1. The topological polar surface area (TPSA) is 84.2 Å². The van der Waals surface area contributed by atoms with Gasteiger partial charge in [0.05, 0.1) is 0 Å². The van der Waals surface area contributed by atoms with Gasteiger partial charge in [-0.1, -0.05) is 30.3 Å². The van der Waals surface area contributed by atoms with E-state index < -0.39 is 6.03 Å². The molecule has 0 aliphatic heterocycles. The van der Waals surface area contributed by atoms with Crippen molar-refractivity contribution in [2.75, 3.05) is 13.1 Å². The summed E-state index contributed by atoms with van der Waals surface area (Å²) < 4.78 is 0. The van der Waals surface area contributed by atoms with Crippen molar-refractivity contribution >= 4 is 11.9 Å². The number of carbonyl (C=O) groups excluding carboxylic acids is 2. The average molecular weight is 289 g/mol. The minimum absolute atomic E-state index is 0.0799. The first kappa shape index (κ1) is 15.4. The number of carbonyl (C=O) groups is 2. The van der Waals surface area contributed by atoms with Crippen LogP contribution < -0.4 is 16.4 Å². The summed E-state index contributed by atoms with van der Waals surface area (Å²) in [6.07, 6.45) is 4.29. The molecule has 3 amide bonds. The number of benzene rings is 1.